The molecule has 0 aromatic rings. The van der Waals surface area contributed by atoms with Gasteiger partial charge in [-0.3, -0.25) is 14.4 Å². The van der Waals surface area contributed by atoms with E-state index in [-0.39, 0.29) is 31.1 Å². The summed E-state index contributed by atoms with van der Waals surface area (Å²) in [4.78, 5) is 37.9. The summed E-state index contributed by atoms with van der Waals surface area (Å²) >= 11 is 0. The normalized spacial score (nSPS) is 12.9. The zero-order chi connectivity index (χ0) is 43.7. The van der Waals surface area contributed by atoms with Crippen LogP contribution in [0.3, 0.4) is 0 Å². The number of hydrogen-bond donors (Lipinski definition) is 0. The lowest BCUT2D eigenvalue weighted by molar-refractivity contribution is -0.167. The summed E-state index contributed by atoms with van der Waals surface area (Å²) in [5.41, 5.74) is 0. The first kappa shape index (κ1) is 56.3. The van der Waals surface area contributed by atoms with Crippen LogP contribution >= 0.6 is 0 Å². The highest BCUT2D eigenvalue weighted by molar-refractivity contribution is 5.71. The van der Waals surface area contributed by atoms with E-state index in [2.05, 4.69) is 69.4 Å². The van der Waals surface area contributed by atoms with Gasteiger partial charge in [-0.2, -0.15) is 0 Å². The van der Waals surface area contributed by atoms with E-state index in [1.165, 1.54) is 77.0 Å². The molecule has 0 amide bonds. The number of rotatable bonds is 42. The molecule has 0 heterocycles. The molecule has 0 rings (SSSR count). The first-order chi connectivity index (χ1) is 29.5. The van der Waals surface area contributed by atoms with Gasteiger partial charge < -0.3 is 14.2 Å². The first-order valence-electron chi connectivity index (χ1n) is 24.3. The zero-order valence-corrected chi connectivity index (χ0v) is 38.7. The highest BCUT2D eigenvalue weighted by atomic mass is 16.6. The standard InChI is InChI=1S/C54H88O6/c1-4-7-10-13-16-19-22-25-27-29-32-35-38-41-44-47-53(56)59-50-51(49-58-52(55)46-43-40-37-34-31-24-21-18-15-12-9-6-3)60-54(57)48-45-42-39-36-33-30-28-26-23-20-17-14-11-8-5-2/h7-8,10-11,13-14,16-17,19-20,22-23,25,27,29,32,51H,4-6,9,12,15,18,21,24,26,28,30-31,33-50H2,1-3H3/b10-7-,11-8-,16-13-,17-14-,22-19-,23-20-,27-25-,32-29-. The number of carbonyl (C=O) groups is 3. The molecule has 0 radical (unpaired) electrons. The summed E-state index contributed by atoms with van der Waals surface area (Å²) in [6.45, 7) is 6.30. The fraction of sp³-hybridized carbons (Fsp3) is 0.648. The molecule has 0 aromatic carbocycles. The van der Waals surface area contributed by atoms with Crippen LogP contribution in [0.1, 0.15) is 207 Å². The Hall–Kier alpha value is -3.67. The van der Waals surface area contributed by atoms with E-state index < -0.39 is 6.10 Å². The molecule has 0 aromatic heterocycles. The van der Waals surface area contributed by atoms with Gasteiger partial charge in [0.2, 0.25) is 0 Å². The Morgan fingerprint density at radius 3 is 1.03 bits per heavy atom. The van der Waals surface area contributed by atoms with Crippen molar-refractivity contribution in [2.24, 2.45) is 0 Å². The number of esters is 3. The van der Waals surface area contributed by atoms with E-state index in [4.69, 9.17) is 14.2 Å². The van der Waals surface area contributed by atoms with Crippen LogP contribution in [-0.4, -0.2) is 37.2 Å². The van der Waals surface area contributed by atoms with Crippen molar-refractivity contribution in [1.29, 1.82) is 0 Å². The molecule has 0 N–H and O–H groups in total. The van der Waals surface area contributed by atoms with E-state index in [0.29, 0.717) is 19.3 Å². The highest BCUT2D eigenvalue weighted by Gasteiger charge is 2.19. The van der Waals surface area contributed by atoms with Crippen molar-refractivity contribution in [2.45, 2.75) is 213 Å². The summed E-state index contributed by atoms with van der Waals surface area (Å²) in [7, 11) is 0. The van der Waals surface area contributed by atoms with Gasteiger partial charge in [-0.1, -0.05) is 227 Å². The second kappa shape index (κ2) is 48.0. The Labute approximate surface area is 368 Å². The lowest BCUT2D eigenvalue weighted by atomic mass is 10.0. The summed E-state index contributed by atoms with van der Waals surface area (Å²) in [6, 6.07) is 0. The number of hydrogen-bond acceptors (Lipinski definition) is 6. The molecule has 340 valence electrons. The summed E-state index contributed by atoms with van der Waals surface area (Å²) < 4.78 is 16.7. The van der Waals surface area contributed by atoms with Crippen molar-refractivity contribution < 1.29 is 28.6 Å². The van der Waals surface area contributed by atoms with Crippen molar-refractivity contribution in [1.82, 2.24) is 0 Å². The van der Waals surface area contributed by atoms with Crippen LogP contribution in [0.25, 0.3) is 0 Å². The van der Waals surface area contributed by atoms with Crippen LogP contribution < -0.4 is 0 Å². The van der Waals surface area contributed by atoms with E-state index in [1.807, 2.05) is 48.6 Å². The topological polar surface area (TPSA) is 78.9 Å². The molecule has 0 aliphatic heterocycles. The zero-order valence-electron chi connectivity index (χ0n) is 38.7. The molecule has 0 spiro atoms. The predicted octanol–water partition coefficient (Wildman–Crippen LogP) is 15.8. The molecule has 0 saturated heterocycles. The number of unbranched alkanes of at least 4 members (excludes halogenated alkanes) is 21. The summed E-state index contributed by atoms with van der Waals surface area (Å²) in [5.74, 6) is -0.957. The van der Waals surface area contributed by atoms with Crippen LogP contribution in [-0.2, 0) is 28.6 Å². The van der Waals surface area contributed by atoms with Crippen molar-refractivity contribution in [2.75, 3.05) is 13.2 Å². The van der Waals surface area contributed by atoms with E-state index in [9.17, 15) is 14.4 Å². The van der Waals surface area contributed by atoms with Gasteiger partial charge in [0, 0.05) is 19.3 Å². The van der Waals surface area contributed by atoms with Gasteiger partial charge in [-0.25, -0.2) is 0 Å². The van der Waals surface area contributed by atoms with Gasteiger partial charge in [-0.15, -0.1) is 0 Å². The molecule has 1 atom stereocenters. The van der Waals surface area contributed by atoms with E-state index >= 15 is 0 Å². The number of carbonyl (C=O) groups excluding carboxylic acids is 3. The maximum Gasteiger partial charge on any atom is 0.306 e. The maximum atomic E-state index is 12.8. The molecule has 0 bridgehead atoms. The third-order valence-corrected chi connectivity index (χ3v) is 10.0. The molecular weight excluding hydrogens is 745 g/mol. The molecule has 6 heteroatoms. The van der Waals surface area contributed by atoms with Crippen molar-refractivity contribution in [3.63, 3.8) is 0 Å². The molecule has 1 unspecified atom stereocenters. The van der Waals surface area contributed by atoms with Crippen LogP contribution in [0.5, 0.6) is 0 Å². The Morgan fingerprint density at radius 1 is 0.350 bits per heavy atom. The molecule has 60 heavy (non-hydrogen) atoms. The Balaban J connectivity index is 4.49. The quantitative estimate of drug-likeness (QED) is 0.0264. The third kappa shape index (κ3) is 45.4. The Bertz CT molecular complexity index is 1230. The van der Waals surface area contributed by atoms with Crippen molar-refractivity contribution >= 4 is 17.9 Å². The van der Waals surface area contributed by atoms with Crippen molar-refractivity contribution in [3.8, 4) is 0 Å². The van der Waals surface area contributed by atoms with Gasteiger partial charge in [0.15, 0.2) is 6.10 Å². The predicted molar refractivity (Wildman–Crippen MR) is 256 cm³/mol. The third-order valence-electron chi connectivity index (χ3n) is 10.0. The molecule has 0 aliphatic rings. The molecule has 0 fully saturated rings. The van der Waals surface area contributed by atoms with E-state index in [1.54, 1.807) is 0 Å². The van der Waals surface area contributed by atoms with Gasteiger partial charge in [0.05, 0.1) is 0 Å². The fourth-order valence-electron chi connectivity index (χ4n) is 6.40. The average molecular weight is 833 g/mol. The minimum absolute atomic E-state index is 0.0962. The molecule has 6 nitrogen and oxygen atoms in total. The van der Waals surface area contributed by atoms with Crippen LogP contribution in [0.15, 0.2) is 97.2 Å². The van der Waals surface area contributed by atoms with Gasteiger partial charge in [-0.05, 0) is 57.8 Å². The lowest BCUT2D eigenvalue weighted by Gasteiger charge is -2.18. The minimum Gasteiger partial charge on any atom is -0.462 e. The second-order valence-corrected chi connectivity index (χ2v) is 15.8. The van der Waals surface area contributed by atoms with Crippen LogP contribution in [0.4, 0.5) is 0 Å². The van der Waals surface area contributed by atoms with E-state index in [0.717, 1.165) is 89.9 Å². The number of allylic oxidation sites excluding steroid dienone is 16. The fourth-order valence-corrected chi connectivity index (χ4v) is 6.40. The van der Waals surface area contributed by atoms with Gasteiger partial charge in [0.25, 0.3) is 0 Å². The van der Waals surface area contributed by atoms with Crippen LogP contribution in [0.2, 0.25) is 0 Å². The lowest BCUT2D eigenvalue weighted by Crippen LogP contribution is -2.30. The van der Waals surface area contributed by atoms with Gasteiger partial charge >= 0.3 is 17.9 Å². The SMILES string of the molecule is CC\C=C/C=C\C=C/C=C\C=C/CCCCCC(=O)OCC(COC(=O)CCCCCCCCCCCCCC)OC(=O)CCCCCCCCC\C=C/C=C\C=C/CC. The second-order valence-electron chi connectivity index (χ2n) is 15.8. The van der Waals surface area contributed by atoms with Crippen molar-refractivity contribution in [3.05, 3.63) is 97.2 Å². The first-order valence-corrected chi connectivity index (χ1v) is 24.3. The number of ether oxygens (including phenoxy) is 3. The molecule has 0 aliphatic carbocycles. The Kier molecular flexibility index (Phi) is 45.1. The highest BCUT2D eigenvalue weighted by Crippen LogP contribution is 2.14. The molecular formula is C54H88O6. The summed E-state index contributed by atoms with van der Waals surface area (Å²) in [6.07, 6.45) is 62.4. The van der Waals surface area contributed by atoms with Gasteiger partial charge in [0.1, 0.15) is 13.2 Å². The smallest absolute Gasteiger partial charge is 0.306 e. The summed E-state index contributed by atoms with van der Waals surface area (Å²) in [5, 5.41) is 0. The van der Waals surface area contributed by atoms with Crippen LogP contribution in [0, 0.1) is 0 Å². The average Bonchev–Trinajstić information content (AvgIpc) is 3.24. The molecule has 0 saturated carbocycles. The minimum atomic E-state index is -0.799. The largest absolute Gasteiger partial charge is 0.462 e. The maximum absolute atomic E-state index is 12.8. The Morgan fingerprint density at radius 2 is 0.650 bits per heavy atom. The monoisotopic (exact) mass is 833 g/mol.